The average molecular weight is 457 g/mol. The molecule has 0 aliphatic heterocycles. The Kier molecular flexibility index (Phi) is 6.43. The molecular formula is C23H22F3N5O2. The van der Waals surface area contributed by atoms with Gasteiger partial charge in [-0.25, -0.2) is 4.98 Å². The number of benzene rings is 2. The number of hydrogen-bond acceptors (Lipinski definition) is 6. The topological polar surface area (TPSA) is 93.0 Å². The molecule has 7 nitrogen and oxygen atoms in total. The Morgan fingerprint density at radius 3 is 2.33 bits per heavy atom. The standard InChI is InChI=1S/C23H22F3N5O2/c24-23(25,26)19-14-27-22(28-16-10-12-17(13-11-16)31(32)33)30-21(19)29-20-9-5-4-8-18(20)15-6-2-1-3-7-15/h4-5,8-15H,1-3,6-7H2,(H2,27,28,29,30). The van der Waals surface area contributed by atoms with E-state index >= 15 is 0 Å². The maximum atomic E-state index is 13.7. The van der Waals surface area contributed by atoms with E-state index in [1.165, 1.54) is 30.7 Å². The summed E-state index contributed by atoms with van der Waals surface area (Å²) in [6.45, 7) is 0. The van der Waals surface area contributed by atoms with Gasteiger partial charge in [0.15, 0.2) is 0 Å². The van der Waals surface area contributed by atoms with Crippen LogP contribution < -0.4 is 10.6 Å². The molecule has 0 spiro atoms. The quantitative estimate of drug-likeness (QED) is 0.308. The number of non-ortho nitro benzene ring substituents is 1. The van der Waals surface area contributed by atoms with E-state index in [9.17, 15) is 23.3 Å². The third-order valence-electron chi connectivity index (χ3n) is 5.69. The number of nitro benzene ring substituents is 1. The summed E-state index contributed by atoms with van der Waals surface area (Å²) in [7, 11) is 0. The maximum Gasteiger partial charge on any atom is 0.421 e. The van der Waals surface area contributed by atoms with Crippen molar-refractivity contribution in [1.82, 2.24) is 9.97 Å². The molecule has 33 heavy (non-hydrogen) atoms. The van der Waals surface area contributed by atoms with Crippen molar-refractivity contribution < 1.29 is 18.1 Å². The molecule has 0 unspecified atom stereocenters. The smallest absolute Gasteiger partial charge is 0.339 e. The largest absolute Gasteiger partial charge is 0.421 e. The number of aromatic nitrogens is 2. The van der Waals surface area contributed by atoms with Crippen molar-refractivity contribution in [3.63, 3.8) is 0 Å². The third kappa shape index (κ3) is 5.39. The molecule has 2 N–H and O–H groups in total. The summed E-state index contributed by atoms with van der Waals surface area (Å²) in [5.41, 5.74) is 0.906. The van der Waals surface area contributed by atoms with E-state index in [0.29, 0.717) is 11.4 Å². The Labute approximate surface area is 188 Å². The summed E-state index contributed by atoms with van der Waals surface area (Å²) in [5, 5.41) is 16.5. The van der Waals surface area contributed by atoms with E-state index in [2.05, 4.69) is 20.6 Å². The minimum absolute atomic E-state index is 0.0606. The average Bonchev–Trinajstić information content (AvgIpc) is 2.80. The van der Waals surface area contributed by atoms with Gasteiger partial charge in [0.1, 0.15) is 11.4 Å². The lowest BCUT2D eigenvalue weighted by atomic mass is 9.83. The van der Waals surface area contributed by atoms with E-state index in [1.54, 1.807) is 12.1 Å². The SMILES string of the molecule is O=[N+]([O-])c1ccc(Nc2ncc(C(F)(F)F)c(Nc3ccccc3C3CCCCC3)n2)cc1. The van der Waals surface area contributed by atoms with Crippen molar-refractivity contribution in [2.24, 2.45) is 0 Å². The fourth-order valence-corrected chi connectivity index (χ4v) is 4.05. The Morgan fingerprint density at radius 2 is 1.67 bits per heavy atom. The zero-order valence-corrected chi connectivity index (χ0v) is 17.6. The molecule has 0 amide bonds. The molecule has 0 radical (unpaired) electrons. The third-order valence-corrected chi connectivity index (χ3v) is 5.69. The number of anilines is 4. The Hall–Kier alpha value is -3.69. The molecule has 1 fully saturated rings. The van der Waals surface area contributed by atoms with Crippen LogP contribution in [-0.4, -0.2) is 14.9 Å². The zero-order chi connectivity index (χ0) is 23.4. The van der Waals surface area contributed by atoms with Gasteiger partial charge in [-0.1, -0.05) is 37.5 Å². The van der Waals surface area contributed by atoms with E-state index in [1.807, 2.05) is 12.1 Å². The zero-order valence-electron chi connectivity index (χ0n) is 17.6. The van der Waals surface area contributed by atoms with Crippen LogP contribution in [0.2, 0.25) is 0 Å². The van der Waals surface area contributed by atoms with Gasteiger partial charge in [-0.05, 0) is 42.5 Å². The van der Waals surface area contributed by atoms with Gasteiger partial charge in [-0.3, -0.25) is 10.1 Å². The second-order valence-corrected chi connectivity index (χ2v) is 7.93. The molecule has 1 heterocycles. The van der Waals surface area contributed by atoms with Crippen LogP contribution in [0.1, 0.15) is 49.1 Å². The molecule has 172 valence electrons. The molecule has 2 aromatic carbocycles. The second-order valence-electron chi connectivity index (χ2n) is 7.93. The number of nitro groups is 1. The van der Waals surface area contributed by atoms with Crippen molar-refractivity contribution in [2.45, 2.75) is 44.2 Å². The minimum Gasteiger partial charge on any atom is -0.339 e. The number of para-hydroxylation sites is 1. The van der Waals surface area contributed by atoms with Gasteiger partial charge in [0.2, 0.25) is 5.95 Å². The summed E-state index contributed by atoms with van der Waals surface area (Å²) in [6.07, 6.45) is 1.46. The van der Waals surface area contributed by atoms with E-state index in [-0.39, 0.29) is 23.4 Å². The number of halogens is 3. The normalized spacial score (nSPS) is 14.6. The Morgan fingerprint density at radius 1 is 0.970 bits per heavy atom. The molecule has 0 bridgehead atoms. The molecule has 3 aromatic rings. The van der Waals surface area contributed by atoms with Crippen LogP contribution in [0.25, 0.3) is 0 Å². The van der Waals surface area contributed by atoms with Gasteiger partial charge < -0.3 is 10.6 Å². The summed E-state index contributed by atoms with van der Waals surface area (Å²) in [6, 6.07) is 12.8. The van der Waals surface area contributed by atoms with E-state index in [4.69, 9.17) is 0 Å². The van der Waals surface area contributed by atoms with Crippen LogP contribution >= 0.6 is 0 Å². The fraction of sp³-hybridized carbons (Fsp3) is 0.304. The number of hydrogen-bond donors (Lipinski definition) is 2. The molecule has 10 heteroatoms. The first-order valence-corrected chi connectivity index (χ1v) is 10.6. The lowest BCUT2D eigenvalue weighted by molar-refractivity contribution is -0.384. The molecule has 0 saturated heterocycles. The van der Waals surface area contributed by atoms with Crippen LogP contribution in [0.3, 0.4) is 0 Å². The minimum atomic E-state index is -4.64. The maximum absolute atomic E-state index is 13.7. The highest BCUT2D eigenvalue weighted by Gasteiger charge is 2.35. The van der Waals surface area contributed by atoms with Crippen molar-refractivity contribution >= 4 is 28.8 Å². The second kappa shape index (κ2) is 9.43. The van der Waals surface area contributed by atoms with Crippen molar-refractivity contribution in [2.75, 3.05) is 10.6 Å². The summed E-state index contributed by atoms with van der Waals surface area (Å²) < 4.78 is 41.0. The number of rotatable bonds is 6. The van der Waals surface area contributed by atoms with Gasteiger partial charge in [-0.2, -0.15) is 18.2 Å². The fourth-order valence-electron chi connectivity index (χ4n) is 4.05. The van der Waals surface area contributed by atoms with Crippen molar-refractivity contribution in [3.8, 4) is 0 Å². The monoisotopic (exact) mass is 457 g/mol. The number of alkyl halides is 3. The van der Waals surface area contributed by atoms with Crippen molar-refractivity contribution in [3.05, 3.63) is 76.0 Å². The first-order valence-electron chi connectivity index (χ1n) is 10.6. The molecule has 1 aromatic heterocycles. The highest BCUT2D eigenvalue weighted by atomic mass is 19.4. The van der Waals surface area contributed by atoms with Crippen LogP contribution in [0.4, 0.5) is 42.0 Å². The Bertz CT molecular complexity index is 1130. The molecule has 1 aliphatic rings. The lowest BCUT2D eigenvalue weighted by Crippen LogP contribution is -2.14. The van der Waals surface area contributed by atoms with Gasteiger partial charge in [-0.15, -0.1) is 0 Å². The molecule has 1 saturated carbocycles. The molecule has 4 rings (SSSR count). The van der Waals surface area contributed by atoms with Crippen LogP contribution in [-0.2, 0) is 6.18 Å². The van der Waals surface area contributed by atoms with Gasteiger partial charge in [0.25, 0.3) is 5.69 Å². The first-order chi connectivity index (χ1) is 15.8. The van der Waals surface area contributed by atoms with Crippen LogP contribution in [0.5, 0.6) is 0 Å². The van der Waals surface area contributed by atoms with E-state index < -0.39 is 16.7 Å². The predicted octanol–water partition coefficient (Wildman–Crippen LogP) is 6.94. The van der Waals surface area contributed by atoms with Gasteiger partial charge >= 0.3 is 6.18 Å². The van der Waals surface area contributed by atoms with Crippen LogP contribution in [0, 0.1) is 10.1 Å². The molecule has 1 aliphatic carbocycles. The van der Waals surface area contributed by atoms with Crippen molar-refractivity contribution in [1.29, 1.82) is 0 Å². The summed E-state index contributed by atoms with van der Waals surface area (Å²) in [4.78, 5) is 18.2. The molecular weight excluding hydrogens is 435 g/mol. The first kappa shape index (κ1) is 22.5. The number of nitrogens with zero attached hydrogens (tertiary/aromatic N) is 3. The van der Waals surface area contributed by atoms with E-state index in [0.717, 1.165) is 37.4 Å². The predicted molar refractivity (Wildman–Crippen MR) is 119 cm³/mol. The molecule has 0 atom stereocenters. The van der Waals surface area contributed by atoms with Crippen LogP contribution in [0.15, 0.2) is 54.7 Å². The number of nitrogens with one attached hydrogen (secondary N) is 2. The lowest BCUT2D eigenvalue weighted by Gasteiger charge is -2.25. The Balaban J connectivity index is 1.65. The summed E-state index contributed by atoms with van der Waals surface area (Å²) in [5.74, 6) is -0.129. The highest BCUT2D eigenvalue weighted by molar-refractivity contribution is 5.66. The van der Waals surface area contributed by atoms with Gasteiger partial charge in [0.05, 0.1) is 4.92 Å². The summed E-state index contributed by atoms with van der Waals surface area (Å²) >= 11 is 0. The van der Waals surface area contributed by atoms with Gasteiger partial charge in [0, 0.05) is 29.7 Å². The highest BCUT2D eigenvalue weighted by Crippen LogP contribution is 2.39.